The molecule has 3 aromatic rings. The fraction of sp³-hybridized carbons (Fsp3) is 0.389. The minimum absolute atomic E-state index is 0.770. The van der Waals surface area contributed by atoms with Crippen LogP contribution < -0.4 is 10.6 Å². The number of anilines is 2. The number of likely N-dealkylation sites (N-methyl/N-ethyl adjacent to an activating group) is 1. The number of hydrogen-bond acceptors (Lipinski definition) is 5. The lowest BCUT2D eigenvalue weighted by molar-refractivity contribution is 0.346. The number of nitrogens with zero attached hydrogens (tertiary/aromatic N) is 3. The van der Waals surface area contributed by atoms with Crippen LogP contribution in [0.4, 0.5) is 11.5 Å². The summed E-state index contributed by atoms with van der Waals surface area (Å²) in [5.74, 6) is 1.07. The number of pyridine rings is 1. The van der Waals surface area contributed by atoms with Gasteiger partial charge in [0.15, 0.2) is 0 Å². The predicted molar refractivity (Wildman–Crippen MR) is 100 cm³/mol. The van der Waals surface area contributed by atoms with Crippen molar-refractivity contribution in [1.29, 1.82) is 0 Å². The molecular weight excluding hydrogens is 304 g/mol. The summed E-state index contributed by atoms with van der Waals surface area (Å²) >= 11 is 1.78. The number of thiophene rings is 1. The molecule has 3 heterocycles. The molecule has 1 fully saturated rings. The lowest BCUT2D eigenvalue weighted by Crippen LogP contribution is -2.31. The van der Waals surface area contributed by atoms with Crippen molar-refractivity contribution >= 4 is 43.8 Å². The van der Waals surface area contributed by atoms with Gasteiger partial charge in [-0.05, 0) is 55.6 Å². The van der Waals surface area contributed by atoms with Gasteiger partial charge < -0.3 is 15.5 Å². The zero-order valence-corrected chi connectivity index (χ0v) is 14.3. The molecular formula is C18H22N4S. The zero-order valence-electron chi connectivity index (χ0n) is 13.5. The maximum absolute atomic E-state index is 5.95. The summed E-state index contributed by atoms with van der Waals surface area (Å²) in [6.07, 6.45) is 2.68. The number of nitrogen functional groups attached to an aromatic ring is 1. The van der Waals surface area contributed by atoms with Gasteiger partial charge in [-0.1, -0.05) is 0 Å². The van der Waals surface area contributed by atoms with Crippen LogP contribution in [0, 0.1) is 0 Å². The van der Waals surface area contributed by atoms with Crippen molar-refractivity contribution in [2.24, 2.45) is 0 Å². The minimum Gasteiger partial charge on any atom is -0.399 e. The van der Waals surface area contributed by atoms with E-state index in [0.717, 1.165) is 30.1 Å². The van der Waals surface area contributed by atoms with Crippen molar-refractivity contribution in [3.05, 3.63) is 29.6 Å². The lowest BCUT2D eigenvalue weighted by Gasteiger charge is -2.23. The second-order valence-electron chi connectivity index (χ2n) is 6.35. The Bertz CT molecular complexity index is 836. The van der Waals surface area contributed by atoms with Crippen molar-refractivity contribution in [3.8, 4) is 0 Å². The third kappa shape index (κ3) is 2.75. The van der Waals surface area contributed by atoms with E-state index in [2.05, 4.69) is 34.4 Å². The second kappa shape index (κ2) is 5.98. The maximum atomic E-state index is 5.95. The largest absolute Gasteiger partial charge is 0.399 e. The fourth-order valence-electron chi connectivity index (χ4n) is 3.40. The van der Waals surface area contributed by atoms with Crippen LogP contribution in [0.25, 0.3) is 21.0 Å². The Kier molecular flexibility index (Phi) is 3.83. The second-order valence-corrected chi connectivity index (χ2v) is 7.26. The molecule has 0 amide bonds. The fourth-order valence-corrected chi connectivity index (χ4v) is 4.32. The molecule has 4 nitrogen and oxygen atoms in total. The minimum atomic E-state index is 0.770. The molecule has 23 heavy (non-hydrogen) atoms. The third-order valence-corrected chi connectivity index (χ3v) is 5.66. The molecule has 0 unspecified atom stereocenters. The van der Waals surface area contributed by atoms with Crippen LogP contribution in [-0.2, 0) is 0 Å². The number of benzene rings is 1. The lowest BCUT2D eigenvalue weighted by atomic mass is 10.1. The van der Waals surface area contributed by atoms with E-state index in [1.54, 1.807) is 11.3 Å². The highest BCUT2D eigenvalue weighted by molar-refractivity contribution is 7.18. The summed E-state index contributed by atoms with van der Waals surface area (Å²) in [6, 6.07) is 8.21. The van der Waals surface area contributed by atoms with E-state index < -0.39 is 0 Å². The number of aromatic nitrogens is 1. The first-order valence-electron chi connectivity index (χ1n) is 8.22. The van der Waals surface area contributed by atoms with Crippen molar-refractivity contribution in [3.63, 3.8) is 0 Å². The van der Waals surface area contributed by atoms with Gasteiger partial charge in [-0.3, -0.25) is 0 Å². The molecule has 0 radical (unpaired) electrons. The Morgan fingerprint density at radius 1 is 1.22 bits per heavy atom. The molecule has 1 saturated heterocycles. The molecule has 4 rings (SSSR count). The van der Waals surface area contributed by atoms with E-state index in [-0.39, 0.29) is 0 Å². The standard InChI is InChI=1S/C18H22N4S/c1-21(9-10-22-7-2-3-8-22)18-15-6-11-23-17(15)14-5-4-13(19)12-16(14)20-18/h4-6,11-12H,2-3,7-10,19H2,1H3. The number of fused-ring (bicyclic) bond motifs is 3. The number of rotatable bonds is 4. The average Bonchev–Trinajstić information content (AvgIpc) is 3.22. The molecule has 1 aliphatic heterocycles. The molecule has 120 valence electrons. The van der Waals surface area contributed by atoms with Crippen molar-refractivity contribution in [2.45, 2.75) is 12.8 Å². The highest BCUT2D eigenvalue weighted by atomic mass is 32.1. The van der Waals surface area contributed by atoms with Gasteiger partial charge >= 0.3 is 0 Å². The monoisotopic (exact) mass is 326 g/mol. The van der Waals surface area contributed by atoms with Gasteiger partial charge in [-0.25, -0.2) is 4.98 Å². The molecule has 0 spiro atoms. The Morgan fingerprint density at radius 2 is 2.04 bits per heavy atom. The molecule has 0 aliphatic carbocycles. The van der Waals surface area contributed by atoms with Crippen molar-refractivity contribution in [1.82, 2.24) is 9.88 Å². The highest BCUT2D eigenvalue weighted by Gasteiger charge is 2.16. The number of likely N-dealkylation sites (tertiary alicyclic amines) is 1. The first-order valence-corrected chi connectivity index (χ1v) is 9.10. The average molecular weight is 326 g/mol. The SMILES string of the molecule is CN(CCN1CCCC1)c1nc2cc(N)ccc2c2sccc12. The van der Waals surface area contributed by atoms with Gasteiger partial charge in [-0.2, -0.15) is 0 Å². The van der Waals surface area contributed by atoms with E-state index >= 15 is 0 Å². The Labute approximate surface area is 140 Å². The highest BCUT2D eigenvalue weighted by Crippen LogP contribution is 2.35. The van der Waals surface area contributed by atoms with Gasteiger partial charge in [0.25, 0.3) is 0 Å². The number of nitrogens with two attached hydrogens (primary N) is 1. The van der Waals surface area contributed by atoms with Gasteiger partial charge in [0.2, 0.25) is 0 Å². The molecule has 0 bridgehead atoms. The Balaban J connectivity index is 1.70. The smallest absolute Gasteiger partial charge is 0.137 e. The molecule has 0 saturated carbocycles. The number of hydrogen-bond donors (Lipinski definition) is 1. The van der Waals surface area contributed by atoms with Crippen LogP contribution in [0.1, 0.15) is 12.8 Å². The van der Waals surface area contributed by atoms with Crippen LogP contribution in [0.15, 0.2) is 29.6 Å². The van der Waals surface area contributed by atoms with Gasteiger partial charge in [-0.15, -0.1) is 11.3 Å². The van der Waals surface area contributed by atoms with Crippen molar-refractivity contribution in [2.75, 3.05) is 43.9 Å². The van der Waals surface area contributed by atoms with Gasteiger partial charge in [0, 0.05) is 41.3 Å². The molecule has 0 atom stereocenters. The van der Waals surface area contributed by atoms with E-state index in [9.17, 15) is 0 Å². The predicted octanol–water partition coefficient (Wildman–Crippen LogP) is 3.56. The summed E-state index contributed by atoms with van der Waals surface area (Å²) in [5.41, 5.74) is 7.71. The first-order chi connectivity index (χ1) is 11.2. The molecule has 2 N–H and O–H groups in total. The normalized spacial score (nSPS) is 15.7. The summed E-state index contributed by atoms with van der Waals surface area (Å²) in [7, 11) is 2.15. The Morgan fingerprint density at radius 3 is 2.87 bits per heavy atom. The third-order valence-electron chi connectivity index (χ3n) is 4.71. The molecule has 1 aromatic carbocycles. The summed E-state index contributed by atoms with van der Waals surface area (Å²) in [6.45, 7) is 4.59. The molecule has 1 aliphatic rings. The zero-order chi connectivity index (χ0) is 15.8. The van der Waals surface area contributed by atoms with E-state index in [1.807, 2.05) is 12.1 Å². The van der Waals surface area contributed by atoms with Gasteiger partial charge in [0.05, 0.1) is 5.52 Å². The van der Waals surface area contributed by atoms with E-state index in [4.69, 9.17) is 10.7 Å². The van der Waals surface area contributed by atoms with Gasteiger partial charge in [0.1, 0.15) is 5.82 Å². The van der Waals surface area contributed by atoms with Crippen molar-refractivity contribution < 1.29 is 0 Å². The van der Waals surface area contributed by atoms with Crippen LogP contribution in [0.5, 0.6) is 0 Å². The summed E-state index contributed by atoms with van der Waals surface area (Å²) < 4.78 is 1.30. The Hall–Kier alpha value is -1.85. The topological polar surface area (TPSA) is 45.4 Å². The van der Waals surface area contributed by atoms with E-state index in [0.29, 0.717) is 0 Å². The van der Waals surface area contributed by atoms with E-state index in [1.165, 1.54) is 41.4 Å². The van der Waals surface area contributed by atoms with Crippen LogP contribution in [-0.4, -0.2) is 43.1 Å². The maximum Gasteiger partial charge on any atom is 0.137 e. The van der Waals surface area contributed by atoms with Crippen LogP contribution in [0.3, 0.4) is 0 Å². The molecule has 2 aromatic heterocycles. The summed E-state index contributed by atoms with van der Waals surface area (Å²) in [5, 5.41) is 4.59. The van der Waals surface area contributed by atoms with Crippen LogP contribution >= 0.6 is 11.3 Å². The quantitative estimate of drug-likeness (QED) is 0.745. The van der Waals surface area contributed by atoms with Crippen LogP contribution in [0.2, 0.25) is 0 Å². The first kappa shape index (κ1) is 14.7. The molecule has 5 heteroatoms. The summed E-state index contributed by atoms with van der Waals surface area (Å²) in [4.78, 5) is 9.75.